The van der Waals surface area contributed by atoms with E-state index in [0.29, 0.717) is 5.56 Å². The Morgan fingerprint density at radius 2 is 2.00 bits per heavy atom. The molecule has 0 fully saturated rings. The number of benzene rings is 2. The fourth-order valence-electron chi connectivity index (χ4n) is 2.44. The van der Waals surface area contributed by atoms with Gasteiger partial charge in [-0.1, -0.05) is 30.3 Å². The van der Waals surface area contributed by atoms with Crippen molar-refractivity contribution in [3.63, 3.8) is 0 Å². The van der Waals surface area contributed by atoms with E-state index in [1.807, 2.05) is 24.3 Å². The van der Waals surface area contributed by atoms with Gasteiger partial charge in [0.25, 0.3) is 0 Å². The molecule has 94 valence electrons. The summed E-state index contributed by atoms with van der Waals surface area (Å²) in [5, 5.41) is 12.3. The Balaban J connectivity index is 1.89. The standard InChI is InChI=1S/C16H15N3/c17-11-14-6-7-16-15(10-14)18-8-9-19(16)12-13-4-2-1-3-5-13/h1-7,10,18H,8-9,12H2. The number of rotatable bonds is 2. The quantitative estimate of drug-likeness (QED) is 0.889. The molecule has 3 rings (SSSR count). The maximum atomic E-state index is 8.95. The molecule has 0 bridgehead atoms. The predicted octanol–water partition coefficient (Wildman–Crippen LogP) is 2.99. The zero-order valence-corrected chi connectivity index (χ0v) is 10.6. The molecule has 1 heterocycles. The number of nitriles is 1. The van der Waals surface area contributed by atoms with Crippen LogP contribution >= 0.6 is 0 Å². The van der Waals surface area contributed by atoms with Crippen molar-refractivity contribution in [3.05, 3.63) is 59.7 Å². The molecule has 0 atom stereocenters. The van der Waals surface area contributed by atoms with E-state index in [0.717, 1.165) is 25.3 Å². The molecule has 0 aliphatic carbocycles. The zero-order valence-electron chi connectivity index (χ0n) is 10.6. The lowest BCUT2D eigenvalue weighted by atomic mass is 10.1. The van der Waals surface area contributed by atoms with Crippen LogP contribution in [0.2, 0.25) is 0 Å². The first kappa shape index (κ1) is 11.6. The topological polar surface area (TPSA) is 39.1 Å². The number of hydrogen-bond acceptors (Lipinski definition) is 3. The summed E-state index contributed by atoms with van der Waals surface area (Å²) in [6.45, 7) is 2.80. The molecule has 1 aliphatic rings. The summed E-state index contributed by atoms with van der Waals surface area (Å²) in [7, 11) is 0. The highest BCUT2D eigenvalue weighted by atomic mass is 15.2. The first-order chi connectivity index (χ1) is 9.36. The van der Waals surface area contributed by atoms with Gasteiger partial charge in [-0.2, -0.15) is 5.26 Å². The SMILES string of the molecule is N#Cc1ccc2c(c1)NCCN2Cc1ccccc1. The van der Waals surface area contributed by atoms with Crippen LogP contribution in [-0.2, 0) is 6.54 Å². The molecule has 0 spiro atoms. The van der Waals surface area contributed by atoms with Crippen molar-refractivity contribution >= 4 is 11.4 Å². The van der Waals surface area contributed by atoms with Gasteiger partial charge in [-0.3, -0.25) is 0 Å². The summed E-state index contributed by atoms with van der Waals surface area (Å²) in [6, 6.07) is 18.5. The summed E-state index contributed by atoms with van der Waals surface area (Å²) < 4.78 is 0. The van der Waals surface area contributed by atoms with Crippen LogP contribution in [0.3, 0.4) is 0 Å². The van der Waals surface area contributed by atoms with Gasteiger partial charge in [0.1, 0.15) is 0 Å². The van der Waals surface area contributed by atoms with E-state index >= 15 is 0 Å². The minimum Gasteiger partial charge on any atom is -0.382 e. The maximum absolute atomic E-state index is 8.95. The normalized spacial score (nSPS) is 13.3. The van der Waals surface area contributed by atoms with Gasteiger partial charge >= 0.3 is 0 Å². The zero-order chi connectivity index (χ0) is 13.1. The molecule has 3 heteroatoms. The molecule has 0 saturated heterocycles. The van der Waals surface area contributed by atoms with Crippen molar-refractivity contribution in [1.82, 2.24) is 0 Å². The Morgan fingerprint density at radius 3 is 2.79 bits per heavy atom. The Hall–Kier alpha value is -2.47. The molecule has 0 unspecified atom stereocenters. The Bertz CT molecular complexity index is 614. The van der Waals surface area contributed by atoms with Gasteiger partial charge < -0.3 is 10.2 Å². The van der Waals surface area contributed by atoms with Crippen LogP contribution in [0.5, 0.6) is 0 Å². The van der Waals surface area contributed by atoms with E-state index < -0.39 is 0 Å². The minimum absolute atomic E-state index is 0.702. The van der Waals surface area contributed by atoms with E-state index in [4.69, 9.17) is 5.26 Å². The third kappa shape index (κ3) is 2.38. The minimum atomic E-state index is 0.702. The summed E-state index contributed by atoms with van der Waals surface area (Å²) in [6.07, 6.45) is 0. The van der Waals surface area contributed by atoms with Crippen molar-refractivity contribution in [2.24, 2.45) is 0 Å². The van der Waals surface area contributed by atoms with Crippen LogP contribution in [-0.4, -0.2) is 13.1 Å². The predicted molar refractivity (Wildman–Crippen MR) is 77.1 cm³/mol. The van der Waals surface area contributed by atoms with E-state index in [-0.39, 0.29) is 0 Å². The van der Waals surface area contributed by atoms with Gasteiger partial charge in [0.2, 0.25) is 0 Å². The monoisotopic (exact) mass is 249 g/mol. The Morgan fingerprint density at radius 1 is 1.16 bits per heavy atom. The molecule has 3 nitrogen and oxygen atoms in total. The number of fused-ring (bicyclic) bond motifs is 1. The molecular weight excluding hydrogens is 234 g/mol. The molecule has 2 aromatic rings. The molecule has 2 aromatic carbocycles. The van der Waals surface area contributed by atoms with Crippen molar-refractivity contribution in [3.8, 4) is 6.07 Å². The average molecular weight is 249 g/mol. The van der Waals surface area contributed by atoms with Gasteiger partial charge in [0, 0.05) is 19.6 Å². The van der Waals surface area contributed by atoms with E-state index in [1.54, 1.807) is 0 Å². The number of anilines is 2. The fraction of sp³-hybridized carbons (Fsp3) is 0.188. The second-order valence-electron chi connectivity index (χ2n) is 4.68. The van der Waals surface area contributed by atoms with Gasteiger partial charge in [0.05, 0.1) is 23.0 Å². The summed E-state index contributed by atoms with van der Waals surface area (Å²) >= 11 is 0. The fourth-order valence-corrected chi connectivity index (χ4v) is 2.44. The second-order valence-corrected chi connectivity index (χ2v) is 4.68. The van der Waals surface area contributed by atoms with Crippen LogP contribution in [0.1, 0.15) is 11.1 Å². The van der Waals surface area contributed by atoms with Crippen molar-refractivity contribution in [2.75, 3.05) is 23.3 Å². The molecule has 1 N–H and O–H groups in total. The largest absolute Gasteiger partial charge is 0.382 e. The van der Waals surface area contributed by atoms with Gasteiger partial charge in [-0.05, 0) is 23.8 Å². The van der Waals surface area contributed by atoms with Crippen LogP contribution in [0.4, 0.5) is 11.4 Å². The Labute approximate surface area is 113 Å². The van der Waals surface area contributed by atoms with E-state index in [1.165, 1.54) is 11.3 Å². The van der Waals surface area contributed by atoms with Gasteiger partial charge in [0.15, 0.2) is 0 Å². The average Bonchev–Trinajstić information content (AvgIpc) is 2.48. The second kappa shape index (κ2) is 5.03. The number of nitrogens with one attached hydrogen (secondary N) is 1. The first-order valence-corrected chi connectivity index (χ1v) is 6.44. The highest BCUT2D eigenvalue weighted by molar-refractivity contribution is 5.73. The lowest BCUT2D eigenvalue weighted by Gasteiger charge is -2.32. The summed E-state index contributed by atoms with van der Waals surface area (Å²) in [4.78, 5) is 2.35. The highest BCUT2D eigenvalue weighted by Crippen LogP contribution is 2.30. The van der Waals surface area contributed by atoms with Crippen LogP contribution < -0.4 is 10.2 Å². The molecule has 1 aliphatic heterocycles. The molecule has 0 amide bonds. The van der Waals surface area contributed by atoms with E-state index in [9.17, 15) is 0 Å². The van der Waals surface area contributed by atoms with E-state index in [2.05, 4.69) is 40.6 Å². The molecule has 0 saturated carbocycles. The third-order valence-corrected chi connectivity index (χ3v) is 3.38. The number of nitrogens with zero attached hydrogens (tertiary/aromatic N) is 2. The smallest absolute Gasteiger partial charge is 0.0992 e. The number of hydrogen-bond donors (Lipinski definition) is 1. The summed E-state index contributed by atoms with van der Waals surface area (Å²) in [5.74, 6) is 0. The lowest BCUT2D eigenvalue weighted by molar-refractivity contribution is 0.787. The third-order valence-electron chi connectivity index (χ3n) is 3.38. The van der Waals surface area contributed by atoms with Crippen molar-refractivity contribution in [2.45, 2.75) is 6.54 Å². The molecule has 0 radical (unpaired) electrons. The van der Waals surface area contributed by atoms with Gasteiger partial charge in [-0.15, -0.1) is 0 Å². The Kier molecular flexibility index (Phi) is 3.07. The maximum Gasteiger partial charge on any atom is 0.0992 e. The summed E-state index contributed by atoms with van der Waals surface area (Å²) in [5.41, 5.74) is 4.24. The highest BCUT2D eigenvalue weighted by Gasteiger charge is 2.16. The molecular formula is C16H15N3. The van der Waals surface area contributed by atoms with Crippen LogP contribution in [0, 0.1) is 11.3 Å². The van der Waals surface area contributed by atoms with Crippen molar-refractivity contribution < 1.29 is 0 Å². The van der Waals surface area contributed by atoms with Crippen LogP contribution in [0.25, 0.3) is 0 Å². The van der Waals surface area contributed by atoms with Crippen molar-refractivity contribution in [1.29, 1.82) is 5.26 Å². The lowest BCUT2D eigenvalue weighted by Crippen LogP contribution is -2.33. The first-order valence-electron chi connectivity index (χ1n) is 6.44. The van der Waals surface area contributed by atoms with Crippen LogP contribution in [0.15, 0.2) is 48.5 Å². The molecule has 0 aromatic heterocycles. The van der Waals surface area contributed by atoms with Gasteiger partial charge in [-0.25, -0.2) is 0 Å². The molecule has 19 heavy (non-hydrogen) atoms.